The molecule has 0 spiro atoms. The number of nitriles is 1. The van der Waals surface area contributed by atoms with Crippen molar-refractivity contribution >= 4 is 63.7 Å². The fourth-order valence-corrected chi connectivity index (χ4v) is 9.72. The van der Waals surface area contributed by atoms with E-state index >= 15 is 0 Å². The van der Waals surface area contributed by atoms with Gasteiger partial charge in [0.2, 0.25) is 17.7 Å². The van der Waals surface area contributed by atoms with Gasteiger partial charge in [0.05, 0.1) is 40.1 Å². The Morgan fingerprint density at radius 3 is 2.22 bits per heavy atom. The summed E-state index contributed by atoms with van der Waals surface area (Å²) in [6.45, 7) is 12.0. The summed E-state index contributed by atoms with van der Waals surface area (Å²) in [5.41, 5.74) is 1.10. The lowest BCUT2D eigenvalue weighted by atomic mass is 9.85. The van der Waals surface area contributed by atoms with E-state index in [9.17, 15) is 32.3 Å². The second-order valence-corrected chi connectivity index (χ2v) is 20.2. The van der Waals surface area contributed by atoms with E-state index in [1.807, 2.05) is 57.5 Å². The number of thiazole rings is 1. The van der Waals surface area contributed by atoms with E-state index in [1.165, 1.54) is 11.0 Å². The standard InChI is InChI=1S/C52H55F3N8O7S2/c1-32-44(72-31-59-32)34-13-11-33(12-14-34)28-58-46(65)42-10-9-23-61(42)47(66)45(50(2,3)4)60-43(64)30-68-24-7-8-25-69-37-19-21-39(22-20-37)70-38-17-15-35(16-18-38)63-49(71)62(48(67)51(63,5)6)36-26-40(52(53,54)55)41(27-56)57-29-36/h11-22,26,29,31,42,45H,7-10,23-25,28,30H2,1-6H3,(H,58,65)(H,60,64)/t42-,45?/m0/s1. The largest absolute Gasteiger partial charge is 0.494 e. The zero-order chi connectivity index (χ0) is 52.0. The Balaban J connectivity index is 0.817. The molecule has 378 valence electrons. The maximum atomic E-state index is 14.0. The van der Waals surface area contributed by atoms with Crippen LogP contribution < -0.4 is 29.9 Å². The Kier molecular flexibility index (Phi) is 16.3. The van der Waals surface area contributed by atoms with Crippen molar-refractivity contribution in [3.05, 3.63) is 113 Å². The minimum absolute atomic E-state index is 0.0579. The van der Waals surface area contributed by atoms with Gasteiger partial charge in [0.25, 0.3) is 5.91 Å². The number of amides is 4. The number of rotatable bonds is 18. The summed E-state index contributed by atoms with van der Waals surface area (Å²) >= 11 is 7.20. The van der Waals surface area contributed by atoms with Crippen LogP contribution in [0.25, 0.3) is 10.4 Å². The Bertz CT molecular complexity index is 2830. The molecule has 4 amide bonds. The van der Waals surface area contributed by atoms with Crippen molar-refractivity contribution in [3.8, 4) is 33.8 Å². The van der Waals surface area contributed by atoms with Crippen molar-refractivity contribution < 1.29 is 46.6 Å². The van der Waals surface area contributed by atoms with Gasteiger partial charge in [0, 0.05) is 25.4 Å². The topological polar surface area (TPSA) is 179 Å². The van der Waals surface area contributed by atoms with E-state index in [0.29, 0.717) is 81.0 Å². The molecule has 3 aromatic carbocycles. The number of thiocarbonyl (C=S) groups is 1. The minimum atomic E-state index is -4.87. The second-order valence-electron chi connectivity index (χ2n) is 18.9. The third-order valence-electron chi connectivity index (χ3n) is 12.2. The van der Waals surface area contributed by atoms with Crippen molar-refractivity contribution in [2.75, 3.05) is 36.2 Å². The van der Waals surface area contributed by atoms with Crippen LogP contribution in [-0.4, -0.2) is 87.6 Å². The number of ether oxygens (including phenoxy) is 3. The number of hydrogen-bond acceptors (Lipinski definition) is 12. The molecular formula is C52H55F3N8O7S2. The molecule has 20 heteroatoms. The van der Waals surface area contributed by atoms with Crippen molar-refractivity contribution in [2.45, 2.75) is 97.6 Å². The van der Waals surface area contributed by atoms with E-state index in [-0.39, 0.29) is 29.2 Å². The minimum Gasteiger partial charge on any atom is -0.494 e. The molecule has 2 saturated heterocycles. The fraction of sp³-hybridized carbons (Fsp3) is 0.385. The Morgan fingerprint density at radius 2 is 1.60 bits per heavy atom. The van der Waals surface area contributed by atoms with Crippen LogP contribution in [0.4, 0.5) is 24.5 Å². The van der Waals surface area contributed by atoms with Gasteiger partial charge < -0.3 is 34.6 Å². The first kappa shape index (κ1) is 52.9. The second kappa shape index (κ2) is 22.2. The summed E-state index contributed by atoms with van der Waals surface area (Å²) in [5.74, 6) is 0.0716. The molecule has 1 unspecified atom stereocenters. The number of likely N-dealkylation sites (tertiary alicyclic amines) is 1. The first-order valence-electron chi connectivity index (χ1n) is 23.3. The van der Waals surface area contributed by atoms with Crippen LogP contribution in [0.3, 0.4) is 0 Å². The molecule has 2 aliphatic heterocycles. The number of halogens is 3. The van der Waals surface area contributed by atoms with Gasteiger partial charge in [-0.05, 0) is 130 Å². The first-order chi connectivity index (χ1) is 34.2. The zero-order valence-electron chi connectivity index (χ0n) is 40.7. The molecule has 0 radical (unpaired) electrons. The lowest BCUT2D eigenvalue weighted by Gasteiger charge is -2.35. The van der Waals surface area contributed by atoms with Gasteiger partial charge in [-0.2, -0.15) is 18.4 Å². The summed E-state index contributed by atoms with van der Waals surface area (Å²) in [6.07, 6.45) is -1.38. The van der Waals surface area contributed by atoms with Gasteiger partial charge in [0.1, 0.15) is 47.5 Å². The predicted octanol–water partition coefficient (Wildman–Crippen LogP) is 9.13. The van der Waals surface area contributed by atoms with Crippen LogP contribution in [0.5, 0.6) is 17.2 Å². The molecule has 72 heavy (non-hydrogen) atoms. The Labute approximate surface area is 425 Å². The maximum Gasteiger partial charge on any atom is 0.419 e. The molecule has 4 heterocycles. The number of carbonyl (C=O) groups excluding carboxylic acids is 4. The van der Waals surface area contributed by atoms with Crippen LogP contribution in [0, 0.1) is 23.7 Å². The third kappa shape index (κ3) is 12.2. The molecule has 0 saturated carbocycles. The molecule has 7 rings (SSSR count). The normalized spacial score (nSPS) is 16.1. The lowest BCUT2D eigenvalue weighted by Crippen LogP contribution is -2.58. The molecule has 15 nitrogen and oxygen atoms in total. The number of pyridine rings is 1. The third-order valence-corrected chi connectivity index (χ3v) is 13.6. The number of anilines is 2. The molecule has 0 aliphatic carbocycles. The molecule has 2 atom stereocenters. The van der Waals surface area contributed by atoms with Crippen LogP contribution in [0.2, 0.25) is 0 Å². The van der Waals surface area contributed by atoms with Crippen LogP contribution in [-0.2, 0) is 36.6 Å². The summed E-state index contributed by atoms with van der Waals surface area (Å²) in [6, 6.07) is 22.3. The van der Waals surface area contributed by atoms with E-state index in [0.717, 1.165) is 32.8 Å². The fourth-order valence-electron chi connectivity index (χ4n) is 8.38. The molecule has 2 N–H and O–H groups in total. The average molecular weight is 1030 g/mol. The average Bonchev–Trinajstić information content (AvgIpc) is 4.06. The molecular weight excluding hydrogens is 970 g/mol. The highest BCUT2D eigenvalue weighted by atomic mass is 32.1. The highest BCUT2D eigenvalue weighted by Gasteiger charge is 2.51. The SMILES string of the molecule is Cc1ncsc1-c1ccc(CNC(=O)[C@@H]2CCCN2C(=O)C(NC(=O)COCCCCOc2ccc(Oc3ccc(N4C(=S)N(c5cnc(C#N)c(C(F)(F)F)c5)C(=O)C4(C)C)cc3)cc2)C(C)(C)C)cc1. The number of carbonyl (C=O) groups is 4. The summed E-state index contributed by atoms with van der Waals surface area (Å²) in [5, 5.41) is 15.0. The predicted molar refractivity (Wildman–Crippen MR) is 269 cm³/mol. The molecule has 2 aliphatic rings. The number of nitrogens with zero attached hydrogens (tertiary/aromatic N) is 6. The molecule has 2 aromatic heterocycles. The number of unbranched alkanes of at least 4 members (excludes halogenated alkanes) is 1. The highest BCUT2D eigenvalue weighted by molar-refractivity contribution is 7.81. The number of hydrogen-bond donors (Lipinski definition) is 2. The van der Waals surface area contributed by atoms with Gasteiger partial charge >= 0.3 is 6.18 Å². The quantitative estimate of drug-likeness (QED) is 0.0629. The van der Waals surface area contributed by atoms with Crippen LogP contribution in [0.1, 0.15) is 82.8 Å². The van der Waals surface area contributed by atoms with E-state index < -0.39 is 52.3 Å². The summed E-state index contributed by atoms with van der Waals surface area (Å²) in [4.78, 5) is 67.2. The van der Waals surface area contributed by atoms with Crippen molar-refractivity contribution in [1.29, 1.82) is 5.26 Å². The zero-order valence-corrected chi connectivity index (χ0v) is 42.3. The summed E-state index contributed by atoms with van der Waals surface area (Å²) < 4.78 is 58.7. The number of aromatic nitrogens is 2. The van der Waals surface area contributed by atoms with Gasteiger partial charge in [-0.1, -0.05) is 45.0 Å². The molecule has 2 fully saturated rings. The smallest absolute Gasteiger partial charge is 0.419 e. The monoisotopic (exact) mass is 1020 g/mol. The van der Waals surface area contributed by atoms with E-state index in [4.69, 9.17) is 31.7 Å². The van der Waals surface area contributed by atoms with Crippen molar-refractivity contribution in [2.24, 2.45) is 5.41 Å². The van der Waals surface area contributed by atoms with Gasteiger partial charge in [-0.25, -0.2) is 9.97 Å². The molecule has 5 aromatic rings. The van der Waals surface area contributed by atoms with Crippen LogP contribution >= 0.6 is 23.6 Å². The van der Waals surface area contributed by atoms with E-state index in [2.05, 4.69) is 20.6 Å². The Hall–Kier alpha value is -6.95. The number of nitrogens with one attached hydrogen (secondary N) is 2. The van der Waals surface area contributed by atoms with Crippen LogP contribution in [0.15, 0.2) is 90.6 Å². The van der Waals surface area contributed by atoms with E-state index in [1.54, 1.807) is 78.6 Å². The van der Waals surface area contributed by atoms with Gasteiger partial charge in [0.15, 0.2) is 10.8 Å². The first-order valence-corrected chi connectivity index (χ1v) is 24.6. The highest BCUT2D eigenvalue weighted by Crippen LogP contribution is 2.40. The molecule has 0 bridgehead atoms. The number of aryl methyl sites for hydroxylation is 1. The lowest BCUT2D eigenvalue weighted by molar-refractivity contribution is -0.144. The number of benzene rings is 3. The Morgan fingerprint density at radius 1 is 0.944 bits per heavy atom. The maximum absolute atomic E-state index is 14.0. The number of alkyl halides is 3. The summed E-state index contributed by atoms with van der Waals surface area (Å²) in [7, 11) is 0. The van der Waals surface area contributed by atoms with Crippen molar-refractivity contribution in [3.63, 3.8) is 0 Å². The van der Waals surface area contributed by atoms with Crippen molar-refractivity contribution in [1.82, 2.24) is 25.5 Å². The van der Waals surface area contributed by atoms with Gasteiger partial charge in [-0.15, -0.1) is 11.3 Å². The van der Waals surface area contributed by atoms with Gasteiger partial charge in [-0.3, -0.25) is 24.1 Å².